The van der Waals surface area contributed by atoms with Gasteiger partial charge in [-0.25, -0.2) is 4.98 Å². The number of aryl methyl sites for hydroxylation is 1. The molecule has 0 spiro atoms. The van der Waals surface area contributed by atoms with Crippen molar-refractivity contribution < 1.29 is 18.0 Å². The quantitative estimate of drug-likeness (QED) is 0.610. The molecule has 2 heterocycles. The molecular formula is C19H13ClF3N3O. The molecule has 8 heteroatoms. The Balaban J connectivity index is 1.83. The van der Waals surface area contributed by atoms with E-state index in [1.54, 1.807) is 30.5 Å². The number of carbonyl (C=O) groups is 1. The maximum Gasteiger partial charge on any atom is 0.433 e. The first-order chi connectivity index (χ1) is 12.7. The Morgan fingerprint density at radius 3 is 2.48 bits per heavy atom. The van der Waals surface area contributed by atoms with Crippen molar-refractivity contribution >= 4 is 23.2 Å². The highest BCUT2D eigenvalue weighted by Crippen LogP contribution is 2.29. The molecule has 0 bridgehead atoms. The summed E-state index contributed by atoms with van der Waals surface area (Å²) in [5.41, 5.74) is 2.12. The first-order valence-electron chi connectivity index (χ1n) is 7.81. The van der Waals surface area contributed by atoms with Crippen LogP contribution in [0, 0.1) is 6.92 Å². The second kappa shape index (κ2) is 7.36. The Kier molecular flexibility index (Phi) is 5.14. The van der Waals surface area contributed by atoms with E-state index in [9.17, 15) is 18.0 Å². The molecule has 1 N–H and O–H groups in total. The van der Waals surface area contributed by atoms with Gasteiger partial charge in [0, 0.05) is 18.1 Å². The number of anilines is 1. The van der Waals surface area contributed by atoms with Gasteiger partial charge in [0.2, 0.25) is 0 Å². The highest BCUT2D eigenvalue weighted by molar-refractivity contribution is 6.29. The Morgan fingerprint density at radius 2 is 1.85 bits per heavy atom. The first kappa shape index (κ1) is 18.8. The fraction of sp³-hybridized carbons (Fsp3) is 0.105. The van der Waals surface area contributed by atoms with E-state index in [1.807, 2.05) is 13.0 Å². The number of halogens is 4. The summed E-state index contributed by atoms with van der Waals surface area (Å²) in [7, 11) is 0. The number of nitrogens with zero attached hydrogens (tertiary/aromatic N) is 2. The number of pyridine rings is 2. The van der Waals surface area contributed by atoms with Crippen molar-refractivity contribution in [1.82, 2.24) is 9.97 Å². The van der Waals surface area contributed by atoms with Crippen molar-refractivity contribution in [2.75, 3.05) is 5.32 Å². The summed E-state index contributed by atoms with van der Waals surface area (Å²) in [6.07, 6.45) is -2.07. The van der Waals surface area contributed by atoms with Crippen LogP contribution in [0.25, 0.3) is 11.1 Å². The Bertz CT molecular complexity index is 988. The van der Waals surface area contributed by atoms with Crippen LogP contribution < -0.4 is 5.32 Å². The Hall–Kier alpha value is -2.93. The van der Waals surface area contributed by atoms with Gasteiger partial charge in [-0.05, 0) is 60.0 Å². The van der Waals surface area contributed by atoms with Crippen molar-refractivity contribution in [3.05, 3.63) is 76.8 Å². The maximum absolute atomic E-state index is 12.6. The normalized spacial score (nSPS) is 11.3. The average molecular weight is 392 g/mol. The van der Waals surface area contributed by atoms with Crippen LogP contribution in [0.1, 0.15) is 21.6 Å². The fourth-order valence-corrected chi connectivity index (χ4v) is 2.65. The van der Waals surface area contributed by atoms with Crippen LogP contribution in [0.3, 0.4) is 0 Å². The number of benzene rings is 1. The van der Waals surface area contributed by atoms with E-state index in [-0.39, 0.29) is 5.56 Å². The molecule has 0 radical (unpaired) electrons. The molecule has 0 saturated carbocycles. The number of carbonyl (C=O) groups excluding carboxylic acids is 1. The summed E-state index contributed by atoms with van der Waals surface area (Å²) in [6, 6.07) is 10.6. The van der Waals surface area contributed by atoms with E-state index in [0.717, 1.165) is 35.0 Å². The highest BCUT2D eigenvalue weighted by Gasteiger charge is 2.32. The van der Waals surface area contributed by atoms with Gasteiger partial charge in [0.25, 0.3) is 5.91 Å². The highest BCUT2D eigenvalue weighted by atomic mass is 35.5. The molecule has 3 aromatic rings. The molecule has 0 unspecified atom stereocenters. The molecule has 0 fully saturated rings. The van der Waals surface area contributed by atoms with E-state index >= 15 is 0 Å². The van der Waals surface area contributed by atoms with Gasteiger partial charge in [-0.15, -0.1) is 0 Å². The summed E-state index contributed by atoms with van der Waals surface area (Å²) < 4.78 is 37.7. The third-order valence-electron chi connectivity index (χ3n) is 3.85. The minimum Gasteiger partial charge on any atom is -0.322 e. The minimum atomic E-state index is -4.55. The monoisotopic (exact) mass is 391 g/mol. The lowest BCUT2D eigenvalue weighted by Crippen LogP contribution is -2.14. The minimum absolute atomic E-state index is 0.0251. The summed E-state index contributed by atoms with van der Waals surface area (Å²) in [5, 5.41) is 3.00. The molecule has 0 aliphatic heterocycles. The summed E-state index contributed by atoms with van der Waals surface area (Å²) >= 11 is 5.93. The van der Waals surface area contributed by atoms with Crippen molar-refractivity contribution in [2.45, 2.75) is 13.1 Å². The van der Waals surface area contributed by atoms with E-state index < -0.39 is 17.8 Å². The van der Waals surface area contributed by atoms with Crippen LogP contribution >= 0.6 is 11.6 Å². The van der Waals surface area contributed by atoms with Crippen LogP contribution in [0.15, 0.2) is 54.9 Å². The Labute approximate surface area is 158 Å². The van der Waals surface area contributed by atoms with Gasteiger partial charge in [0.15, 0.2) is 0 Å². The van der Waals surface area contributed by atoms with Gasteiger partial charge < -0.3 is 5.32 Å². The number of alkyl halides is 3. The van der Waals surface area contributed by atoms with Gasteiger partial charge in [-0.2, -0.15) is 13.2 Å². The smallest absolute Gasteiger partial charge is 0.322 e. The maximum atomic E-state index is 12.6. The molecule has 0 aliphatic rings. The molecule has 4 nitrogen and oxygen atoms in total. The zero-order valence-electron chi connectivity index (χ0n) is 14.0. The lowest BCUT2D eigenvalue weighted by molar-refractivity contribution is -0.141. The molecule has 0 aliphatic carbocycles. The van der Waals surface area contributed by atoms with Crippen molar-refractivity contribution in [3.8, 4) is 11.1 Å². The van der Waals surface area contributed by atoms with Gasteiger partial charge in [-0.3, -0.25) is 9.78 Å². The van der Waals surface area contributed by atoms with Crippen LogP contribution in [0.5, 0.6) is 0 Å². The third-order valence-corrected chi connectivity index (χ3v) is 4.06. The number of hydrogen-bond donors (Lipinski definition) is 1. The third kappa shape index (κ3) is 4.43. The predicted octanol–water partition coefficient (Wildman–Crippen LogP) is 5.38. The van der Waals surface area contributed by atoms with Crippen molar-refractivity contribution in [1.29, 1.82) is 0 Å². The largest absolute Gasteiger partial charge is 0.433 e. The fourth-order valence-electron chi connectivity index (χ4n) is 2.48. The zero-order chi connectivity index (χ0) is 19.6. The lowest BCUT2D eigenvalue weighted by Gasteiger charge is -2.11. The van der Waals surface area contributed by atoms with E-state index in [4.69, 9.17) is 11.6 Å². The van der Waals surface area contributed by atoms with Crippen LogP contribution in [-0.2, 0) is 6.18 Å². The standard InChI is InChI=1S/C19H13ClF3N3O/c1-11-2-4-14(9-15(11)12-6-7-24-17(20)8-12)26-18(27)13-3-5-16(25-10-13)19(21,22)23/h2-10H,1H3,(H,26,27). The van der Waals surface area contributed by atoms with Gasteiger partial charge in [-0.1, -0.05) is 17.7 Å². The number of nitrogens with one attached hydrogen (secondary N) is 1. The lowest BCUT2D eigenvalue weighted by atomic mass is 10.0. The predicted molar refractivity (Wildman–Crippen MR) is 96.6 cm³/mol. The molecular weight excluding hydrogens is 379 g/mol. The zero-order valence-corrected chi connectivity index (χ0v) is 14.8. The second-order valence-electron chi connectivity index (χ2n) is 5.78. The molecule has 1 aromatic carbocycles. The summed E-state index contributed by atoms with van der Waals surface area (Å²) in [6.45, 7) is 1.91. The first-order valence-corrected chi connectivity index (χ1v) is 8.19. The number of amides is 1. The summed E-state index contributed by atoms with van der Waals surface area (Å²) in [5.74, 6) is -0.557. The SMILES string of the molecule is Cc1ccc(NC(=O)c2ccc(C(F)(F)F)nc2)cc1-c1ccnc(Cl)c1. The molecule has 3 rings (SSSR count). The molecule has 27 heavy (non-hydrogen) atoms. The van der Waals surface area contributed by atoms with Gasteiger partial charge in [0.1, 0.15) is 10.8 Å². The van der Waals surface area contributed by atoms with Crippen molar-refractivity contribution in [3.63, 3.8) is 0 Å². The van der Waals surface area contributed by atoms with Crippen LogP contribution in [0.2, 0.25) is 5.15 Å². The molecule has 0 atom stereocenters. The summed E-state index contributed by atoms with van der Waals surface area (Å²) in [4.78, 5) is 19.5. The van der Waals surface area contributed by atoms with Gasteiger partial charge >= 0.3 is 6.18 Å². The topological polar surface area (TPSA) is 54.9 Å². The number of rotatable bonds is 3. The Morgan fingerprint density at radius 1 is 1.07 bits per heavy atom. The molecule has 0 saturated heterocycles. The molecule has 138 valence electrons. The molecule has 2 aromatic heterocycles. The van der Waals surface area contributed by atoms with Gasteiger partial charge in [0.05, 0.1) is 5.56 Å². The number of hydrogen-bond acceptors (Lipinski definition) is 3. The van der Waals surface area contributed by atoms with E-state index in [0.29, 0.717) is 10.8 Å². The number of aromatic nitrogens is 2. The average Bonchev–Trinajstić information content (AvgIpc) is 2.62. The van der Waals surface area contributed by atoms with Crippen LogP contribution in [-0.4, -0.2) is 15.9 Å². The molecule has 1 amide bonds. The van der Waals surface area contributed by atoms with E-state index in [2.05, 4.69) is 15.3 Å². The van der Waals surface area contributed by atoms with E-state index in [1.165, 1.54) is 0 Å². The van der Waals surface area contributed by atoms with Crippen molar-refractivity contribution in [2.24, 2.45) is 0 Å². The second-order valence-corrected chi connectivity index (χ2v) is 6.17. The van der Waals surface area contributed by atoms with Crippen LogP contribution in [0.4, 0.5) is 18.9 Å².